The van der Waals surface area contributed by atoms with Crippen LogP contribution in [0.1, 0.15) is 18.1 Å². The standard InChI is InChI=1S/C25H23N3O2/c1-17-9-11-20(12-10-17)26-18(2)23-24(19-7-5-4-6-8-19)27-28(25(23)29)21-13-15-22(30-3)16-14-21/h4-16,27H,1-3H3. The lowest BCUT2D eigenvalue weighted by molar-refractivity contribution is 0.414. The van der Waals surface area contributed by atoms with Gasteiger partial charge in [-0.15, -0.1) is 0 Å². The normalized spacial score (nSPS) is 11.5. The minimum atomic E-state index is -0.146. The zero-order chi connectivity index (χ0) is 21.1. The van der Waals surface area contributed by atoms with Gasteiger partial charge in [-0.1, -0.05) is 48.0 Å². The molecule has 0 bridgehead atoms. The Bertz CT molecular complexity index is 1230. The number of aromatic nitrogens is 2. The number of hydrogen-bond acceptors (Lipinski definition) is 3. The van der Waals surface area contributed by atoms with E-state index >= 15 is 0 Å². The Morgan fingerprint density at radius 2 is 1.60 bits per heavy atom. The molecule has 4 rings (SSSR count). The van der Waals surface area contributed by atoms with Gasteiger partial charge >= 0.3 is 0 Å². The van der Waals surface area contributed by atoms with E-state index in [4.69, 9.17) is 9.73 Å². The van der Waals surface area contributed by atoms with Crippen LogP contribution in [0.2, 0.25) is 0 Å². The lowest BCUT2D eigenvalue weighted by Gasteiger charge is -2.04. The molecule has 0 unspecified atom stereocenters. The molecule has 0 atom stereocenters. The van der Waals surface area contributed by atoms with Gasteiger partial charge in [0, 0.05) is 5.56 Å². The van der Waals surface area contributed by atoms with Crippen LogP contribution < -0.4 is 10.3 Å². The molecule has 0 saturated carbocycles. The van der Waals surface area contributed by atoms with Crippen LogP contribution in [-0.4, -0.2) is 22.6 Å². The minimum absolute atomic E-state index is 0.146. The molecule has 0 amide bonds. The highest BCUT2D eigenvalue weighted by Gasteiger charge is 2.19. The third-order valence-corrected chi connectivity index (χ3v) is 4.98. The lowest BCUT2D eigenvalue weighted by atomic mass is 10.1. The van der Waals surface area contributed by atoms with Gasteiger partial charge in [0.1, 0.15) is 5.75 Å². The van der Waals surface area contributed by atoms with E-state index in [1.54, 1.807) is 11.8 Å². The molecule has 1 N–H and O–H groups in total. The molecular weight excluding hydrogens is 374 g/mol. The fourth-order valence-corrected chi connectivity index (χ4v) is 3.37. The molecule has 3 aromatic carbocycles. The van der Waals surface area contributed by atoms with Gasteiger partial charge in [-0.2, -0.15) is 0 Å². The first kappa shape index (κ1) is 19.5. The summed E-state index contributed by atoms with van der Waals surface area (Å²) >= 11 is 0. The van der Waals surface area contributed by atoms with Gasteiger partial charge in [0.2, 0.25) is 0 Å². The van der Waals surface area contributed by atoms with Crippen LogP contribution in [0.15, 0.2) is 88.6 Å². The highest BCUT2D eigenvalue weighted by Crippen LogP contribution is 2.23. The van der Waals surface area contributed by atoms with Crippen LogP contribution in [0, 0.1) is 6.92 Å². The Morgan fingerprint density at radius 1 is 0.933 bits per heavy atom. The number of aryl methyl sites for hydroxylation is 1. The van der Waals surface area contributed by atoms with Gasteiger partial charge in [-0.3, -0.25) is 14.9 Å². The summed E-state index contributed by atoms with van der Waals surface area (Å²) in [6.45, 7) is 3.91. The van der Waals surface area contributed by atoms with Crippen molar-refractivity contribution in [1.29, 1.82) is 0 Å². The molecule has 30 heavy (non-hydrogen) atoms. The van der Waals surface area contributed by atoms with Crippen LogP contribution in [0.4, 0.5) is 5.69 Å². The number of methoxy groups -OCH3 is 1. The monoisotopic (exact) mass is 397 g/mol. The first-order chi connectivity index (χ1) is 14.6. The van der Waals surface area contributed by atoms with Crippen molar-refractivity contribution in [2.45, 2.75) is 13.8 Å². The summed E-state index contributed by atoms with van der Waals surface area (Å²) in [5.41, 5.74) is 5.44. The van der Waals surface area contributed by atoms with Crippen molar-refractivity contribution in [3.05, 3.63) is 100 Å². The van der Waals surface area contributed by atoms with Crippen LogP contribution in [0.25, 0.3) is 16.9 Å². The van der Waals surface area contributed by atoms with E-state index in [2.05, 4.69) is 5.10 Å². The van der Waals surface area contributed by atoms with Crippen molar-refractivity contribution in [3.63, 3.8) is 0 Å². The summed E-state index contributed by atoms with van der Waals surface area (Å²) in [5.74, 6) is 0.735. The maximum absolute atomic E-state index is 13.4. The number of ether oxygens (including phenoxy) is 1. The molecule has 150 valence electrons. The molecule has 1 heterocycles. The van der Waals surface area contributed by atoms with Crippen LogP contribution >= 0.6 is 0 Å². The Balaban J connectivity index is 1.88. The summed E-state index contributed by atoms with van der Waals surface area (Å²) in [7, 11) is 1.62. The maximum atomic E-state index is 13.4. The van der Waals surface area contributed by atoms with Crippen molar-refractivity contribution in [2.75, 3.05) is 7.11 Å². The molecule has 0 fully saturated rings. The fraction of sp³-hybridized carbons (Fsp3) is 0.120. The average Bonchev–Trinajstić information content (AvgIpc) is 3.13. The number of nitrogens with one attached hydrogen (secondary N) is 1. The topological polar surface area (TPSA) is 59.4 Å². The largest absolute Gasteiger partial charge is 0.497 e. The van der Waals surface area contributed by atoms with E-state index in [9.17, 15) is 4.79 Å². The van der Waals surface area contributed by atoms with Gasteiger partial charge in [0.05, 0.1) is 35.5 Å². The molecule has 0 aliphatic carbocycles. The van der Waals surface area contributed by atoms with Crippen molar-refractivity contribution in [1.82, 2.24) is 9.78 Å². The Morgan fingerprint density at radius 3 is 2.23 bits per heavy atom. The summed E-state index contributed by atoms with van der Waals surface area (Å²) in [6.07, 6.45) is 0. The number of nitrogens with zero attached hydrogens (tertiary/aromatic N) is 2. The van der Waals surface area contributed by atoms with Crippen molar-refractivity contribution >= 4 is 11.4 Å². The second-order valence-corrected chi connectivity index (χ2v) is 7.10. The molecule has 0 aliphatic rings. The summed E-state index contributed by atoms with van der Waals surface area (Å²) in [4.78, 5) is 18.1. The van der Waals surface area contributed by atoms with Gasteiger partial charge in [-0.05, 0) is 50.2 Å². The minimum Gasteiger partial charge on any atom is -0.497 e. The highest BCUT2D eigenvalue weighted by molar-refractivity contribution is 6.04. The molecule has 0 radical (unpaired) electrons. The van der Waals surface area contributed by atoms with E-state index in [1.807, 2.05) is 92.7 Å². The number of hydrogen-bond donors (Lipinski definition) is 1. The van der Waals surface area contributed by atoms with E-state index in [1.165, 1.54) is 5.56 Å². The van der Waals surface area contributed by atoms with Crippen molar-refractivity contribution in [2.24, 2.45) is 4.99 Å². The number of aromatic amines is 1. The Labute approximate surface area is 175 Å². The number of aliphatic imine (C=N–C) groups is 1. The molecule has 0 saturated heterocycles. The molecular formula is C25H23N3O2. The zero-order valence-electron chi connectivity index (χ0n) is 17.2. The smallest absolute Gasteiger partial charge is 0.280 e. The number of benzene rings is 3. The van der Waals surface area contributed by atoms with Crippen LogP contribution in [0.5, 0.6) is 5.75 Å². The van der Waals surface area contributed by atoms with E-state index < -0.39 is 0 Å². The van der Waals surface area contributed by atoms with E-state index in [-0.39, 0.29) is 5.56 Å². The van der Waals surface area contributed by atoms with Gasteiger partial charge < -0.3 is 4.74 Å². The first-order valence-corrected chi connectivity index (χ1v) is 9.74. The molecule has 1 aromatic heterocycles. The van der Waals surface area contributed by atoms with Crippen LogP contribution in [-0.2, 0) is 0 Å². The SMILES string of the molecule is COc1ccc(-n2[nH]c(-c3ccccc3)c(C(C)=Nc3ccc(C)cc3)c2=O)cc1. The van der Waals surface area contributed by atoms with Crippen molar-refractivity contribution in [3.8, 4) is 22.7 Å². The van der Waals surface area contributed by atoms with Crippen LogP contribution in [0.3, 0.4) is 0 Å². The zero-order valence-corrected chi connectivity index (χ0v) is 17.2. The third kappa shape index (κ3) is 3.82. The van der Waals surface area contributed by atoms with E-state index in [0.29, 0.717) is 11.3 Å². The quantitative estimate of drug-likeness (QED) is 0.465. The predicted octanol–water partition coefficient (Wildman–Crippen LogP) is 5.29. The molecule has 0 aliphatic heterocycles. The Kier molecular flexibility index (Phi) is 5.35. The first-order valence-electron chi connectivity index (χ1n) is 9.74. The van der Waals surface area contributed by atoms with Gasteiger partial charge in [-0.25, -0.2) is 4.68 Å². The van der Waals surface area contributed by atoms with Gasteiger partial charge in [0.15, 0.2) is 0 Å². The number of rotatable bonds is 5. The fourth-order valence-electron chi connectivity index (χ4n) is 3.37. The summed E-state index contributed by atoms with van der Waals surface area (Å²) in [5, 5.41) is 3.28. The van der Waals surface area contributed by atoms with Gasteiger partial charge in [0.25, 0.3) is 5.56 Å². The number of H-pyrrole nitrogens is 1. The van der Waals surface area contributed by atoms with Crippen molar-refractivity contribution < 1.29 is 4.74 Å². The second-order valence-electron chi connectivity index (χ2n) is 7.10. The average molecular weight is 397 g/mol. The molecule has 4 aromatic rings. The molecule has 0 spiro atoms. The second kappa shape index (κ2) is 8.25. The maximum Gasteiger partial charge on any atom is 0.280 e. The third-order valence-electron chi connectivity index (χ3n) is 4.98. The van der Waals surface area contributed by atoms with E-state index in [0.717, 1.165) is 28.4 Å². The summed E-state index contributed by atoms with van der Waals surface area (Å²) < 4.78 is 6.78. The summed E-state index contributed by atoms with van der Waals surface area (Å²) in [6, 6.07) is 25.1. The molecule has 5 heteroatoms. The highest BCUT2D eigenvalue weighted by atomic mass is 16.5. The molecule has 5 nitrogen and oxygen atoms in total. The predicted molar refractivity (Wildman–Crippen MR) is 121 cm³/mol. The Hall–Kier alpha value is -3.86. The lowest BCUT2D eigenvalue weighted by Crippen LogP contribution is -2.19.